The van der Waals surface area contributed by atoms with Crippen molar-refractivity contribution >= 4 is 11.6 Å². The first kappa shape index (κ1) is 11.6. The SMILES string of the molecule is Oc1ccc(Cl)c(-c2nc(-c3ncccn3)no2)c1. The standard InChI is InChI=1S/C12H7ClN4O2/c13-9-3-2-7(18)6-8(9)12-16-11(17-19-12)10-14-4-1-5-15-10/h1-6,18H. The average molecular weight is 275 g/mol. The van der Waals surface area contributed by atoms with Crippen molar-refractivity contribution in [2.45, 2.75) is 0 Å². The van der Waals surface area contributed by atoms with E-state index in [0.717, 1.165) is 0 Å². The van der Waals surface area contributed by atoms with Crippen LogP contribution in [0.2, 0.25) is 5.02 Å². The molecule has 2 aromatic heterocycles. The largest absolute Gasteiger partial charge is 0.508 e. The molecule has 2 heterocycles. The fourth-order valence-corrected chi connectivity index (χ4v) is 1.71. The van der Waals surface area contributed by atoms with Crippen LogP contribution in [0.15, 0.2) is 41.2 Å². The minimum atomic E-state index is 0.0649. The minimum absolute atomic E-state index is 0.0649. The van der Waals surface area contributed by atoms with Crippen LogP contribution < -0.4 is 0 Å². The molecule has 3 aromatic rings. The minimum Gasteiger partial charge on any atom is -0.508 e. The van der Waals surface area contributed by atoms with Gasteiger partial charge in [-0.3, -0.25) is 0 Å². The van der Waals surface area contributed by atoms with Crippen molar-refractivity contribution in [2.24, 2.45) is 0 Å². The Bertz CT molecular complexity index is 715. The summed E-state index contributed by atoms with van der Waals surface area (Å²) in [4.78, 5) is 12.2. The summed E-state index contributed by atoms with van der Waals surface area (Å²) in [5, 5.41) is 13.6. The molecule has 0 spiro atoms. The van der Waals surface area contributed by atoms with E-state index in [1.54, 1.807) is 24.5 Å². The Kier molecular flexibility index (Phi) is 2.85. The third-order valence-electron chi connectivity index (χ3n) is 2.37. The molecular formula is C12H7ClN4O2. The molecule has 7 heteroatoms. The van der Waals surface area contributed by atoms with Crippen molar-refractivity contribution < 1.29 is 9.63 Å². The monoisotopic (exact) mass is 274 g/mol. The van der Waals surface area contributed by atoms with E-state index in [1.807, 2.05) is 0 Å². The molecule has 0 atom stereocenters. The number of phenols is 1. The molecular weight excluding hydrogens is 268 g/mol. The topological polar surface area (TPSA) is 84.9 Å². The molecule has 94 valence electrons. The van der Waals surface area contributed by atoms with Gasteiger partial charge in [-0.1, -0.05) is 16.8 Å². The van der Waals surface area contributed by atoms with Crippen LogP contribution in [0.3, 0.4) is 0 Å². The predicted octanol–water partition coefficient (Wildman–Crippen LogP) is 2.55. The molecule has 0 aliphatic rings. The molecule has 0 bridgehead atoms. The van der Waals surface area contributed by atoms with Gasteiger partial charge in [0.05, 0.1) is 10.6 Å². The zero-order valence-corrected chi connectivity index (χ0v) is 10.2. The van der Waals surface area contributed by atoms with Gasteiger partial charge in [-0.05, 0) is 24.3 Å². The molecule has 0 aliphatic heterocycles. The molecule has 1 N–H and O–H groups in total. The Hall–Kier alpha value is -2.47. The van der Waals surface area contributed by atoms with Crippen molar-refractivity contribution in [1.29, 1.82) is 0 Å². The zero-order valence-electron chi connectivity index (χ0n) is 9.49. The van der Waals surface area contributed by atoms with Gasteiger partial charge in [0.1, 0.15) is 5.75 Å². The van der Waals surface area contributed by atoms with Crippen LogP contribution >= 0.6 is 11.6 Å². The maximum absolute atomic E-state index is 9.45. The highest BCUT2D eigenvalue weighted by Gasteiger charge is 2.15. The van der Waals surface area contributed by atoms with Gasteiger partial charge in [0, 0.05) is 12.4 Å². The van der Waals surface area contributed by atoms with Crippen molar-refractivity contribution in [3.05, 3.63) is 41.7 Å². The summed E-state index contributed by atoms with van der Waals surface area (Å²) >= 11 is 6.02. The number of hydrogen-bond acceptors (Lipinski definition) is 6. The Balaban J connectivity index is 2.04. The molecule has 3 rings (SSSR count). The lowest BCUT2D eigenvalue weighted by Gasteiger charge is -1.98. The molecule has 1 aromatic carbocycles. The summed E-state index contributed by atoms with van der Waals surface area (Å²) in [6.07, 6.45) is 3.17. The van der Waals surface area contributed by atoms with Gasteiger partial charge in [0.2, 0.25) is 11.6 Å². The van der Waals surface area contributed by atoms with Crippen LogP contribution in [0.5, 0.6) is 5.75 Å². The van der Waals surface area contributed by atoms with E-state index < -0.39 is 0 Å². The van der Waals surface area contributed by atoms with Gasteiger partial charge in [0.15, 0.2) is 0 Å². The van der Waals surface area contributed by atoms with Crippen LogP contribution in [0.25, 0.3) is 23.1 Å². The van der Waals surface area contributed by atoms with Gasteiger partial charge in [-0.15, -0.1) is 0 Å². The Morgan fingerprint density at radius 3 is 2.68 bits per heavy atom. The third kappa shape index (κ3) is 2.25. The van der Waals surface area contributed by atoms with E-state index in [4.69, 9.17) is 16.1 Å². The van der Waals surface area contributed by atoms with E-state index >= 15 is 0 Å². The maximum atomic E-state index is 9.45. The number of nitrogens with zero attached hydrogens (tertiary/aromatic N) is 4. The second-order valence-electron chi connectivity index (χ2n) is 3.66. The summed E-state index contributed by atoms with van der Waals surface area (Å²) in [6, 6.07) is 6.17. The summed E-state index contributed by atoms with van der Waals surface area (Å²) in [5.41, 5.74) is 0.455. The Morgan fingerprint density at radius 1 is 1.11 bits per heavy atom. The summed E-state index contributed by atoms with van der Waals surface area (Å²) in [5.74, 6) is 0.877. The number of benzene rings is 1. The number of rotatable bonds is 2. The van der Waals surface area contributed by atoms with Gasteiger partial charge in [-0.2, -0.15) is 4.98 Å². The number of phenolic OH excluding ortho intramolecular Hbond substituents is 1. The lowest BCUT2D eigenvalue weighted by atomic mass is 10.2. The van der Waals surface area contributed by atoms with Crippen molar-refractivity contribution in [3.8, 4) is 28.9 Å². The third-order valence-corrected chi connectivity index (χ3v) is 2.70. The smallest absolute Gasteiger partial charge is 0.259 e. The van der Waals surface area contributed by atoms with E-state index in [2.05, 4.69) is 20.1 Å². The Labute approximate surface area is 112 Å². The van der Waals surface area contributed by atoms with Crippen LogP contribution in [0.4, 0.5) is 0 Å². The first-order chi connectivity index (χ1) is 9.24. The molecule has 6 nitrogen and oxygen atoms in total. The number of aromatic nitrogens is 4. The van der Waals surface area contributed by atoms with E-state index in [9.17, 15) is 5.11 Å². The average Bonchev–Trinajstić information content (AvgIpc) is 2.92. The van der Waals surface area contributed by atoms with Crippen LogP contribution in [0, 0.1) is 0 Å². The molecule has 0 radical (unpaired) electrons. The van der Waals surface area contributed by atoms with E-state index in [1.165, 1.54) is 12.1 Å². The maximum Gasteiger partial charge on any atom is 0.259 e. The molecule has 0 unspecified atom stereocenters. The van der Waals surface area contributed by atoms with Crippen LogP contribution in [-0.4, -0.2) is 25.2 Å². The second kappa shape index (κ2) is 4.66. The van der Waals surface area contributed by atoms with Gasteiger partial charge < -0.3 is 9.63 Å². The van der Waals surface area contributed by atoms with Gasteiger partial charge >= 0.3 is 0 Å². The highest BCUT2D eigenvalue weighted by Crippen LogP contribution is 2.30. The molecule has 0 saturated heterocycles. The molecule has 0 aliphatic carbocycles. The summed E-state index contributed by atoms with van der Waals surface area (Å²) in [7, 11) is 0. The molecule has 0 amide bonds. The highest BCUT2D eigenvalue weighted by atomic mass is 35.5. The lowest BCUT2D eigenvalue weighted by Crippen LogP contribution is -1.88. The zero-order chi connectivity index (χ0) is 13.2. The second-order valence-corrected chi connectivity index (χ2v) is 4.07. The molecule has 0 fully saturated rings. The van der Waals surface area contributed by atoms with Crippen LogP contribution in [-0.2, 0) is 0 Å². The van der Waals surface area contributed by atoms with Gasteiger partial charge in [-0.25, -0.2) is 9.97 Å². The first-order valence-corrected chi connectivity index (χ1v) is 5.72. The van der Waals surface area contributed by atoms with Gasteiger partial charge in [0.25, 0.3) is 5.89 Å². The highest BCUT2D eigenvalue weighted by molar-refractivity contribution is 6.33. The van der Waals surface area contributed by atoms with Crippen LogP contribution in [0.1, 0.15) is 0 Å². The fourth-order valence-electron chi connectivity index (χ4n) is 1.52. The predicted molar refractivity (Wildman–Crippen MR) is 67.4 cm³/mol. The van der Waals surface area contributed by atoms with E-state index in [-0.39, 0.29) is 17.5 Å². The van der Waals surface area contributed by atoms with E-state index in [0.29, 0.717) is 16.4 Å². The first-order valence-electron chi connectivity index (χ1n) is 5.34. The quantitative estimate of drug-likeness (QED) is 0.773. The number of hydrogen-bond donors (Lipinski definition) is 1. The van der Waals surface area contributed by atoms with Crippen molar-refractivity contribution in [3.63, 3.8) is 0 Å². The summed E-state index contributed by atoms with van der Waals surface area (Å²) < 4.78 is 5.10. The summed E-state index contributed by atoms with van der Waals surface area (Å²) in [6.45, 7) is 0. The lowest BCUT2D eigenvalue weighted by molar-refractivity contribution is 0.431. The molecule has 0 saturated carbocycles. The Morgan fingerprint density at radius 2 is 1.89 bits per heavy atom. The number of halogens is 1. The number of aromatic hydroxyl groups is 1. The van der Waals surface area contributed by atoms with Crippen molar-refractivity contribution in [2.75, 3.05) is 0 Å². The molecule has 19 heavy (non-hydrogen) atoms. The fraction of sp³-hybridized carbons (Fsp3) is 0. The normalized spacial score (nSPS) is 10.6. The van der Waals surface area contributed by atoms with Crippen molar-refractivity contribution in [1.82, 2.24) is 20.1 Å².